The first-order valence-corrected chi connectivity index (χ1v) is 6.66. The normalized spacial score (nSPS) is 10.8. The van der Waals surface area contributed by atoms with Gasteiger partial charge >= 0.3 is 5.69 Å². The molecule has 0 bridgehead atoms. The Labute approximate surface area is 139 Å². The monoisotopic (exact) mass is 346 g/mol. The summed E-state index contributed by atoms with van der Waals surface area (Å²) in [5, 5.41) is 42.6. The van der Waals surface area contributed by atoms with Crippen LogP contribution in [-0.2, 0) is 0 Å². The molecule has 0 atom stereocenters. The van der Waals surface area contributed by atoms with E-state index in [-0.39, 0.29) is 22.5 Å². The van der Waals surface area contributed by atoms with Gasteiger partial charge in [-0.05, 0) is 13.0 Å². The first kappa shape index (κ1) is 17.5. The van der Waals surface area contributed by atoms with Crippen molar-refractivity contribution < 1.29 is 19.9 Å². The number of benzene rings is 2. The van der Waals surface area contributed by atoms with Gasteiger partial charge in [0.15, 0.2) is 0 Å². The molecule has 0 saturated carbocycles. The van der Waals surface area contributed by atoms with E-state index in [2.05, 4.69) is 4.99 Å². The summed E-state index contributed by atoms with van der Waals surface area (Å²) in [6.07, 6.45) is 0.974. The van der Waals surface area contributed by atoms with Crippen LogP contribution in [0.4, 0.5) is 22.7 Å². The molecular formula is C14H10N4O7. The third-order valence-electron chi connectivity index (χ3n) is 3.33. The molecule has 0 aliphatic heterocycles. The fourth-order valence-corrected chi connectivity index (χ4v) is 2.06. The molecule has 2 aromatic rings. The van der Waals surface area contributed by atoms with Crippen molar-refractivity contribution in [2.45, 2.75) is 6.92 Å². The number of nitro groups is 3. The first-order chi connectivity index (χ1) is 11.7. The predicted molar refractivity (Wildman–Crippen MR) is 86.5 cm³/mol. The van der Waals surface area contributed by atoms with Crippen LogP contribution in [0.25, 0.3) is 0 Å². The molecule has 2 rings (SSSR count). The lowest BCUT2D eigenvalue weighted by atomic mass is 10.1. The van der Waals surface area contributed by atoms with Gasteiger partial charge in [-0.3, -0.25) is 35.3 Å². The van der Waals surface area contributed by atoms with Gasteiger partial charge in [-0.15, -0.1) is 0 Å². The van der Waals surface area contributed by atoms with E-state index < -0.39 is 31.9 Å². The van der Waals surface area contributed by atoms with Crippen LogP contribution in [-0.4, -0.2) is 26.1 Å². The maximum absolute atomic E-state index is 10.9. The van der Waals surface area contributed by atoms with Crippen LogP contribution in [0.1, 0.15) is 11.1 Å². The Morgan fingerprint density at radius 3 is 2.20 bits per heavy atom. The highest BCUT2D eigenvalue weighted by Gasteiger charge is 2.23. The van der Waals surface area contributed by atoms with Crippen molar-refractivity contribution in [1.82, 2.24) is 0 Å². The van der Waals surface area contributed by atoms with Gasteiger partial charge < -0.3 is 5.11 Å². The molecule has 0 unspecified atom stereocenters. The summed E-state index contributed by atoms with van der Waals surface area (Å²) in [4.78, 5) is 34.2. The zero-order chi connectivity index (χ0) is 18.7. The van der Waals surface area contributed by atoms with Gasteiger partial charge in [-0.25, -0.2) is 0 Å². The topological polar surface area (TPSA) is 162 Å². The zero-order valence-electron chi connectivity index (χ0n) is 12.6. The number of aromatic hydroxyl groups is 1. The molecule has 128 valence electrons. The highest BCUT2D eigenvalue weighted by Crippen LogP contribution is 2.34. The van der Waals surface area contributed by atoms with Gasteiger partial charge in [-0.2, -0.15) is 0 Å². The van der Waals surface area contributed by atoms with E-state index >= 15 is 0 Å². The van der Waals surface area contributed by atoms with E-state index in [1.54, 1.807) is 0 Å². The molecule has 11 nitrogen and oxygen atoms in total. The number of aliphatic imine (C=N–C) groups is 1. The molecule has 25 heavy (non-hydrogen) atoms. The summed E-state index contributed by atoms with van der Waals surface area (Å²) in [7, 11) is 0. The highest BCUT2D eigenvalue weighted by atomic mass is 16.6. The second kappa shape index (κ2) is 6.70. The van der Waals surface area contributed by atoms with Gasteiger partial charge in [-0.1, -0.05) is 6.07 Å². The summed E-state index contributed by atoms with van der Waals surface area (Å²) >= 11 is 0. The van der Waals surface area contributed by atoms with Gasteiger partial charge in [0.05, 0.1) is 32.1 Å². The fraction of sp³-hybridized carbons (Fsp3) is 0.0714. The number of phenolic OH excluding ortho intramolecular Hbond substituents is 1. The predicted octanol–water partition coefficient (Wildman–Crippen LogP) is 3.18. The highest BCUT2D eigenvalue weighted by molar-refractivity contribution is 5.89. The second-order valence-corrected chi connectivity index (χ2v) is 4.85. The van der Waals surface area contributed by atoms with E-state index in [4.69, 9.17) is 0 Å². The summed E-state index contributed by atoms with van der Waals surface area (Å²) in [5.41, 5.74) is -1.45. The molecule has 0 radical (unpaired) electrons. The number of nitro benzene ring substituents is 3. The zero-order valence-corrected chi connectivity index (χ0v) is 12.6. The third kappa shape index (κ3) is 3.55. The van der Waals surface area contributed by atoms with Gasteiger partial charge in [0.2, 0.25) is 5.75 Å². The Morgan fingerprint density at radius 1 is 1.00 bits per heavy atom. The van der Waals surface area contributed by atoms with Crippen LogP contribution < -0.4 is 0 Å². The Balaban J connectivity index is 2.55. The van der Waals surface area contributed by atoms with E-state index in [0.29, 0.717) is 6.07 Å². The summed E-state index contributed by atoms with van der Waals surface area (Å²) in [6, 6.07) is 5.68. The van der Waals surface area contributed by atoms with E-state index in [9.17, 15) is 35.4 Å². The third-order valence-corrected chi connectivity index (χ3v) is 3.33. The van der Waals surface area contributed by atoms with E-state index in [1.807, 2.05) is 0 Å². The molecule has 0 aliphatic carbocycles. The quantitative estimate of drug-likeness (QED) is 0.493. The molecule has 0 amide bonds. The Hall–Kier alpha value is -3.89. The summed E-state index contributed by atoms with van der Waals surface area (Å²) in [6.45, 7) is 1.46. The number of rotatable bonds is 5. The van der Waals surface area contributed by atoms with Gasteiger partial charge in [0.25, 0.3) is 11.4 Å². The number of non-ortho nitro benzene ring substituents is 1. The minimum atomic E-state index is -0.960. The maximum atomic E-state index is 10.9. The van der Waals surface area contributed by atoms with Crippen LogP contribution in [0.3, 0.4) is 0 Å². The van der Waals surface area contributed by atoms with Crippen molar-refractivity contribution in [1.29, 1.82) is 0 Å². The fourth-order valence-electron chi connectivity index (χ4n) is 2.06. The Bertz CT molecular complexity index is 924. The molecule has 11 heteroatoms. The van der Waals surface area contributed by atoms with Gasteiger partial charge in [0, 0.05) is 23.9 Å². The van der Waals surface area contributed by atoms with E-state index in [1.165, 1.54) is 25.1 Å². The van der Waals surface area contributed by atoms with Crippen molar-refractivity contribution in [2.75, 3.05) is 0 Å². The lowest BCUT2D eigenvalue weighted by Gasteiger charge is -2.03. The number of hydrogen-bond donors (Lipinski definition) is 1. The first-order valence-electron chi connectivity index (χ1n) is 6.66. The van der Waals surface area contributed by atoms with Crippen LogP contribution in [0.5, 0.6) is 5.75 Å². The van der Waals surface area contributed by atoms with Crippen molar-refractivity contribution in [3.05, 3.63) is 71.8 Å². The number of nitrogens with zero attached hydrogens (tertiary/aromatic N) is 4. The molecule has 0 saturated heterocycles. The molecule has 2 aromatic carbocycles. The molecule has 0 aliphatic rings. The van der Waals surface area contributed by atoms with Crippen LogP contribution in [0.2, 0.25) is 0 Å². The molecule has 0 fully saturated rings. The Kier molecular flexibility index (Phi) is 4.68. The average Bonchev–Trinajstić information content (AvgIpc) is 2.54. The summed E-state index contributed by atoms with van der Waals surface area (Å²) < 4.78 is 0. The average molecular weight is 346 g/mol. The van der Waals surface area contributed by atoms with Crippen LogP contribution in [0, 0.1) is 37.3 Å². The standard InChI is InChI=1S/C14H10N4O7/c1-8-11(3-2-4-12(8)17(22)23)15-7-9-5-10(16(20)21)6-13(14(9)19)18(24)25/h2-7,19H,1H3. The lowest BCUT2D eigenvalue weighted by molar-refractivity contribution is -0.394. The van der Waals surface area contributed by atoms with Gasteiger partial charge in [0.1, 0.15) is 0 Å². The van der Waals surface area contributed by atoms with Crippen molar-refractivity contribution in [3.63, 3.8) is 0 Å². The van der Waals surface area contributed by atoms with Crippen molar-refractivity contribution >= 4 is 29.0 Å². The smallest absolute Gasteiger partial charge is 0.318 e. The SMILES string of the molecule is Cc1c(N=Cc2cc([N+](=O)[O-])cc([N+](=O)[O-])c2O)cccc1[N+](=O)[O-]. The number of hydrogen-bond acceptors (Lipinski definition) is 8. The lowest BCUT2D eigenvalue weighted by Crippen LogP contribution is -1.96. The minimum Gasteiger partial charge on any atom is -0.502 e. The largest absolute Gasteiger partial charge is 0.502 e. The molecule has 0 heterocycles. The molecule has 0 aromatic heterocycles. The number of phenols is 1. The minimum absolute atomic E-state index is 0.177. The molecule has 1 N–H and O–H groups in total. The maximum Gasteiger partial charge on any atom is 0.318 e. The molecule has 0 spiro atoms. The Morgan fingerprint density at radius 2 is 1.64 bits per heavy atom. The van der Waals surface area contributed by atoms with Crippen molar-refractivity contribution in [3.8, 4) is 5.75 Å². The molecular weight excluding hydrogens is 336 g/mol. The summed E-state index contributed by atoms with van der Waals surface area (Å²) in [5.74, 6) is -0.789. The van der Waals surface area contributed by atoms with E-state index in [0.717, 1.165) is 12.3 Å². The van der Waals surface area contributed by atoms with Crippen LogP contribution in [0.15, 0.2) is 35.3 Å². The van der Waals surface area contributed by atoms with Crippen LogP contribution >= 0.6 is 0 Å². The van der Waals surface area contributed by atoms with Crippen molar-refractivity contribution in [2.24, 2.45) is 4.99 Å². The second-order valence-electron chi connectivity index (χ2n) is 4.85.